The van der Waals surface area contributed by atoms with Crippen molar-refractivity contribution in [3.05, 3.63) is 29.6 Å². The molecule has 0 spiro atoms. The van der Waals surface area contributed by atoms with Gasteiger partial charge in [0.2, 0.25) is 0 Å². The number of nitriles is 1. The molecule has 0 aromatic carbocycles. The van der Waals surface area contributed by atoms with Crippen molar-refractivity contribution in [2.45, 2.75) is 18.9 Å². The molecule has 0 amide bonds. The van der Waals surface area contributed by atoms with Crippen LogP contribution in [0.5, 0.6) is 0 Å². The van der Waals surface area contributed by atoms with E-state index in [2.05, 4.69) is 21.5 Å². The average molecular weight is 202 g/mol. The molecule has 78 valence electrons. The van der Waals surface area contributed by atoms with E-state index >= 15 is 0 Å². The van der Waals surface area contributed by atoms with E-state index in [4.69, 9.17) is 5.26 Å². The van der Waals surface area contributed by atoms with Crippen molar-refractivity contribution in [1.29, 1.82) is 5.26 Å². The number of pyridine rings is 1. The zero-order chi connectivity index (χ0) is 10.7. The Labute approximate surface area is 89.5 Å². The minimum Gasteiger partial charge on any atom is -0.263 e. The predicted molar refractivity (Wildman–Crippen MR) is 56.7 cm³/mol. The predicted octanol–water partition coefficient (Wildman–Crippen LogP) is 1.22. The summed E-state index contributed by atoms with van der Waals surface area (Å²) in [5, 5.41) is 11.0. The number of hydrogen-bond acceptors (Lipinski definition) is 4. The summed E-state index contributed by atoms with van der Waals surface area (Å²) in [7, 11) is 1.93. The molecular formula is C11H14N4. The Morgan fingerprint density at radius 2 is 2.47 bits per heavy atom. The van der Waals surface area contributed by atoms with Gasteiger partial charge in [0.25, 0.3) is 0 Å². The maximum atomic E-state index is 8.81. The molecule has 0 unspecified atom stereocenters. The van der Waals surface area contributed by atoms with Gasteiger partial charge in [0, 0.05) is 18.9 Å². The fourth-order valence-corrected chi connectivity index (χ4v) is 2.08. The van der Waals surface area contributed by atoms with E-state index in [1.165, 1.54) is 6.42 Å². The van der Waals surface area contributed by atoms with Gasteiger partial charge in [-0.05, 0) is 31.5 Å². The number of aromatic nitrogens is 1. The molecule has 1 N–H and O–H groups in total. The molecule has 4 nitrogen and oxygen atoms in total. The smallest absolute Gasteiger partial charge is 0.101 e. The second kappa shape index (κ2) is 4.39. The first kappa shape index (κ1) is 10.1. The van der Waals surface area contributed by atoms with E-state index in [9.17, 15) is 0 Å². The highest BCUT2D eigenvalue weighted by atomic mass is 15.5. The molecule has 1 saturated heterocycles. The molecule has 4 heteroatoms. The van der Waals surface area contributed by atoms with Crippen molar-refractivity contribution in [2.75, 3.05) is 13.6 Å². The van der Waals surface area contributed by atoms with Crippen LogP contribution in [0.2, 0.25) is 0 Å². The van der Waals surface area contributed by atoms with Crippen LogP contribution < -0.4 is 5.43 Å². The number of rotatable bonds is 2. The fourth-order valence-electron chi connectivity index (χ4n) is 2.08. The monoisotopic (exact) mass is 202 g/mol. The maximum Gasteiger partial charge on any atom is 0.101 e. The highest BCUT2D eigenvalue weighted by molar-refractivity contribution is 5.30. The van der Waals surface area contributed by atoms with Crippen LogP contribution >= 0.6 is 0 Å². The van der Waals surface area contributed by atoms with Gasteiger partial charge >= 0.3 is 0 Å². The molecule has 1 atom stereocenters. The summed E-state index contributed by atoms with van der Waals surface area (Å²) in [6.45, 7) is 1.05. The van der Waals surface area contributed by atoms with Crippen LogP contribution in [-0.2, 0) is 0 Å². The average Bonchev–Trinajstić information content (AvgIpc) is 2.77. The van der Waals surface area contributed by atoms with Crippen LogP contribution in [-0.4, -0.2) is 23.6 Å². The Hall–Kier alpha value is -1.44. The summed E-state index contributed by atoms with van der Waals surface area (Å²) >= 11 is 0. The maximum absolute atomic E-state index is 8.81. The molecule has 15 heavy (non-hydrogen) atoms. The zero-order valence-electron chi connectivity index (χ0n) is 8.77. The van der Waals surface area contributed by atoms with Gasteiger partial charge in [0.15, 0.2) is 0 Å². The Kier molecular flexibility index (Phi) is 2.95. The third-order valence-corrected chi connectivity index (χ3v) is 2.81. The van der Waals surface area contributed by atoms with Crippen molar-refractivity contribution in [2.24, 2.45) is 0 Å². The van der Waals surface area contributed by atoms with Crippen molar-refractivity contribution >= 4 is 0 Å². The molecule has 0 saturated carbocycles. The highest BCUT2D eigenvalue weighted by Crippen LogP contribution is 2.29. The van der Waals surface area contributed by atoms with Gasteiger partial charge in [-0.15, -0.1) is 0 Å². The van der Waals surface area contributed by atoms with Gasteiger partial charge in [-0.3, -0.25) is 10.4 Å². The van der Waals surface area contributed by atoms with Crippen molar-refractivity contribution < 1.29 is 0 Å². The summed E-state index contributed by atoms with van der Waals surface area (Å²) < 4.78 is 0. The minimum absolute atomic E-state index is 0.357. The van der Waals surface area contributed by atoms with Gasteiger partial charge in [0.1, 0.15) is 6.07 Å². The molecule has 1 aliphatic heterocycles. The van der Waals surface area contributed by atoms with Gasteiger partial charge in [-0.2, -0.15) is 5.26 Å². The van der Waals surface area contributed by atoms with Crippen LogP contribution in [0.4, 0.5) is 0 Å². The first-order valence-electron chi connectivity index (χ1n) is 5.14. The molecule has 1 aromatic heterocycles. The molecule has 1 aliphatic rings. The lowest BCUT2D eigenvalue weighted by atomic mass is 10.1. The van der Waals surface area contributed by atoms with E-state index < -0.39 is 0 Å². The van der Waals surface area contributed by atoms with Crippen molar-refractivity contribution in [1.82, 2.24) is 15.4 Å². The second-order valence-corrected chi connectivity index (χ2v) is 3.69. The summed E-state index contributed by atoms with van der Waals surface area (Å²) in [5.41, 5.74) is 4.93. The van der Waals surface area contributed by atoms with Crippen LogP contribution in [0.1, 0.15) is 30.0 Å². The molecule has 0 bridgehead atoms. The third-order valence-electron chi connectivity index (χ3n) is 2.81. The van der Waals surface area contributed by atoms with Gasteiger partial charge in [-0.25, -0.2) is 5.01 Å². The van der Waals surface area contributed by atoms with E-state index in [0.29, 0.717) is 11.6 Å². The first-order valence-corrected chi connectivity index (χ1v) is 5.14. The lowest BCUT2D eigenvalue weighted by Gasteiger charge is -2.23. The minimum atomic E-state index is 0.357. The Balaban J connectivity index is 2.25. The molecular weight excluding hydrogens is 188 g/mol. The summed E-state index contributed by atoms with van der Waals surface area (Å²) in [4.78, 5) is 4.09. The molecule has 2 heterocycles. The number of hydrazine groups is 1. The second-order valence-electron chi connectivity index (χ2n) is 3.69. The zero-order valence-corrected chi connectivity index (χ0v) is 8.77. The van der Waals surface area contributed by atoms with Crippen LogP contribution in [0.3, 0.4) is 0 Å². The van der Waals surface area contributed by atoms with Crippen LogP contribution in [0.25, 0.3) is 0 Å². The number of nitrogens with one attached hydrogen (secondary N) is 1. The van der Waals surface area contributed by atoms with E-state index in [-0.39, 0.29) is 0 Å². The topological polar surface area (TPSA) is 52.0 Å². The van der Waals surface area contributed by atoms with E-state index in [0.717, 1.165) is 18.5 Å². The lowest BCUT2D eigenvalue weighted by molar-refractivity contribution is 0.190. The Morgan fingerprint density at radius 3 is 3.20 bits per heavy atom. The summed E-state index contributed by atoms with van der Waals surface area (Å²) in [5.74, 6) is 0. The van der Waals surface area contributed by atoms with E-state index in [1.54, 1.807) is 6.20 Å². The summed E-state index contributed by atoms with van der Waals surface area (Å²) in [6, 6.07) is 4.40. The van der Waals surface area contributed by atoms with Crippen molar-refractivity contribution in [3.63, 3.8) is 0 Å². The Bertz CT molecular complexity index is 382. The lowest BCUT2D eigenvalue weighted by Crippen LogP contribution is -2.34. The molecule has 2 rings (SSSR count). The number of nitrogens with zero attached hydrogens (tertiary/aromatic N) is 3. The quantitative estimate of drug-likeness (QED) is 0.783. The molecule has 0 radical (unpaired) electrons. The summed E-state index contributed by atoms with van der Waals surface area (Å²) in [6.07, 6.45) is 5.75. The molecule has 1 aromatic rings. The van der Waals surface area contributed by atoms with Crippen molar-refractivity contribution in [3.8, 4) is 6.07 Å². The number of hydrogen-bond donors (Lipinski definition) is 1. The highest BCUT2D eigenvalue weighted by Gasteiger charge is 2.25. The molecule has 1 fully saturated rings. The third kappa shape index (κ3) is 1.99. The fraction of sp³-hybridized carbons (Fsp3) is 0.455. The Morgan fingerprint density at radius 1 is 1.60 bits per heavy atom. The van der Waals surface area contributed by atoms with Crippen LogP contribution in [0.15, 0.2) is 18.5 Å². The normalized spacial score (nSPS) is 21.5. The van der Waals surface area contributed by atoms with E-state index in [1.807, 2.05) is 19.3 Å². The standard InChI is InChI=1S/C11H14N4/c1-13-15-4-2-3-11(15)10-5-9(6-12)7-14-8-10/h5,7-8,11,13H,2-4H2,1H3/t11-/m0/s1. The molecule has 0 aliphatic carbocycles. The first-order chi connectivity index (χ1) is 7.35. The van der Waals surface area contributed by atoms with Crippen LogP contribution in [0, 0.1) is 11.3 Å². The largest absolute Gasteiger partial charge is 0.263 e. The van der Waals surface area contributed by atoms with Gasteiger partial charge in [-0.1, -0.05) is 0 Å². The SMILES string of the molecule is CNN1CCC[C@H]1c1cncc(C#N)c1. The van der Waals surface area contributed by atoms with Gasteiger partial charge in [0.05, 0.1) is 11.6 Å². The van der Waals surface area contributed by atoms with Gasteiger partial charge < -0.3 is 0 Å².